The normalized spacial score (nSPS) is 10.2. The van der Waals surface area contributed by atoms with Crippen molar-refractivity contribution in [3.05, 3.63) is 23.5 Å². The maximum atomic E-state index is 11.8. The Hall–Kier alpha value is -2.20. The first-order chi connectivity index (χ1) is 10.9. The number of aryl methyl sites for hydroxylation is 1. The van der Waals surface area contributed by atoms with Crippen LogP contribution in [0, 0.1) is 6.92 Å². The number of amides is 2. The van der Waals surface area contributed by atoms with Gasteiger partial charge in [0.05, 0.1) is 5.75 Å². The second-order valence-corrected chi connectivity index (χ2v) is 6.94. The van der Waals surface area contributed by atoms with Gasteiger partial charge in [0, 0.05) is 12.1 Å². The lowest BCUT2D eigenvalue weighted by atomic mass is 10.3. The second-order valence-electron chi connectivity index (χ2n) is 4.74. The maximum Gasteiger partial charge on any atom is 0.250 e. The first-order valence-corrected chi connectivity index (χ1v) is 8.38. The summed E-state index contributed by atoms with van der Waals surface area (Å²) in [7, 11) is 0. The van der Waals surface area contributed by atoms with E-state index >= 15 is 0 Å². The van der Waals surface area contributed by atoms with Gasteiger partial charge in [0.1, 0.15) is 5.76 Å². The fourth-order valence-electron chi connectivity index (χ4n) is 1.45. The summed E-state index contributed by atoms with van der Waals surface area (Å²) < 4.78 is 5.45. The molecule has 23 heavy (non-hydrogen) atoms. The zero-order valence-corrected chi connectivity index (χ0v) is 14.4. The van der Waals surface area contributed by atoms with Crippen molar-refractivity contribution in [1.29, 1.82) is 0 Å². The molecule has 0 unspecified atom stereocenters. The molecule has 2 rings (SSSR count). The van der Waals surface area contributed by atoms with Crippen molar-refractivity contribution in [2.24, 2.45) is 0 Å². The van der Waals surface area contributed by atoms with Crippen LogP contribution in [0.2, 0.25) is 0 Å². The largest absolute Gasteiger partial charge is 0.360 e. The molecule has 0 saturated carbocycles. The summed E-state index contributed by atoms with van der Waals surface area (Å²) in [5, 5.41) is 17.1. The molecule has 0 aliphatic heterocycles. The summed E-state index contributed by atoms with van der Waals surface area (Å²) in [6.07, 6.45) is 1.47. The zero-order chi connectivity index (χ0) is 16.8. The van der Waals surface area contributed by atoms with Gasteiger partial charge in [-0.2, -0.15) is 0 Å². The van der Waals surface area contributed by atoms with E-state index in [1.165, 1.54) is 29.2 Å². The highest BCUT2D eigenvalue weighted by Crippen LogP contribution is 2.25. The third-order valence-electron chi connectivity index (χ3n) is 2.28. The molecular weight excluding hydrogens is 338 g/mol. The third kappa shape index (κ3) is 5.83. The predicted molar refractivity (Wildman–Crippen MR) is 88.6 cm³/mol. The number of aromatic nitrogens is 3. The van der Waals surface area contributed by atoms with E-state index in [0.717, 1.165) is 5.57 Å². The van der Waals surface area contributed by atoms with Gasteiger partial charge in [-0.15, -0.1) is 10.2 Å². The van der Waals surface area contributed by atoms with Gasteiger partial charge in [0.15, 0.2) is 10.2 Å². The van der Waals surface area contributed by atoms with E-state index in [1.54, 1.807) is 13.0 Å². The first kappa shape index (κ1) is 17.2. The molecule has 0 bridgehead atoms. The van der Waals surface area contributed by atoms with Crippen LogP contribution in [-0.2, 0) is 9.59 Å². The molecule has 10 heteroatoms. The lowest BCUT2D eigenvalue weighted by molar-refractivity contribution is -0.114. The number of hydrogen-bond donors (Lipinski definition) is 2. The van der Waals surface area contributed by atoms with Gasteiger partial charge in [-0.25, -0.2) is 0 Å². The van der Waals surface area contributed by atoms with Crippen LogP contribution in [0.4, 0.5) is 10.9 Å². The van der Waals surface area contributed by atoms with Gasteiger partial charge >= 0.3 is 0 Å². The number of carbonyl (C=O) groups is 2. The van der Waals surface area contributed by atoms with E-state index in [2.05, 4.69) is 26.0 Å². The van der Waals surface area contributed by atoms with Crippen LogP contribution in [-0.4, -0.2) is 32.9 Å². The lowest BCUT2D eigenvalue weighted by Gasteiger charge is -1.98. The standard InChI is InChI=1S/C13H15N5O3S2/c1-7(2)4-10(19)15-12-16-17-13(23-12)22-6-11(20)14-9-5-8(3)21-18-9/h4-5H,6H2,1-3H3,(H,14,18,20)(H,15,16,19). The average molecular weight is 353 g/mol. The quantitative estimate of drug-likeness (QED) is 0.466. The molecule has 0 spiro atoms. The Balaban J connectivity index is 1.81. The van der Waals surface area contributed by atoms with E-state index in [0.29, 0.717) is 21.0 Å². The second kappa shape index (κ2) is 7.88. The number of nitrogens with one attached hydrogen (secondary N) is 2. The molecule has 8 nitrogen and oxygen atoms in total. The number of rotatable bonds is 6. The summed E-state index contributed by atoms with van der Waals surface area (Å²) in [5.74, 6) is 0.668. The predicted octanol–water partition coefficient (Wildman–Crippen LogP) is 2.47. The zero-order valence-electron chi connectivity index (χ0n) is 12.7. The Labute approximate surface area is 140 Å². The molecule has 0 aromatic carbocycles. The maximum absolute atomic E-state index is 11.8. The third-order valence-corrected chi connectivity index (χ3v) is 4.25. The minimum absolute atomic E-state index is 0.155. The first-order valence-electron chi connectivity index (χ1n) is 6.58. The smallest absolute Gasteiger partial charge is 0.250 e. The average Bonchev–Trinajstić information content (AvgIpc) is 3.05. The Bertz CT molecular complexity index is 734. The van der Waals surface area contributed by atoms with Crippen LogP contribution in [0.1, 0.15) is 19.6 Å². The van der Waals surface area contributed by atoms with Gasteiger partial charge in [-0.3, -0.25) is 14.9 Å². The Kier molecular flexibility index (Phi) is 5.88. The van der Waals surface area contributed by atoms with Crippen molar-refractivity contribution in [2.45, 2.75) is 25.1 Å². The summed E-state index contributed by atoms with van der Waals surface area (Å²) >= 11 is 2.43. The van der Waals surface area contributed by atoms with E-state index in [-0.39, 0.29) is 17.6 Å². The van der Waals surface area contributed by atoms with Crippen LogP contribution < -0.4 is 10.6 Å². The van der Waals surface area contributed by atoms with Crippen LogP contribution in [0.3, 0.4) is 0 Å². The van der Waals surface area contributed by atoms with Gasteiger partial charge in [-0.05, 0) is 20.8 Å². The number of thioether (sulfide) groups is 1. The molecule has 2 aromatic heterocycles. The van der Waals surface area contributed by atoms with Crippen molar-refractivity contribution in [3.63, 3.8) is 0 Å². The van der Waals surface area contributed by atoms with Crippen LogP contribution in [0.15, 0.2) is 26.6 Å². The number of nitrogens with zero attached hydrogens (tertiary/aromatic N) is 3. The summed E-state index contributed by atoms with van der Waals surface area (Å²) in [6.45, 7) is 5.40. The number of anilines is 2. The topological polar surface area (TPSA) is 110 Å². The molecule has 2 aromatic rings. The molecule has 2 heterocycles. The molecule has 0 radical (unpaired) electrons. The van der Waals surface area contributed by atoms with Crippen molar-refractivity contribution in [3.8, 4) is 0 Å². The molecule has 0 aliphatic rings. The molecule has 122 valence electrons. The summed E-state index contributed by atoms with van der Waals surface area (Å²) in [6, 6.07) is 1.63. The molecule has 2 N–H and O–H groups in total. The highest BCUT2D eigenvalue weighted by atomic mass is 32.2. The SMILES string of the molecule is CC(C)=CC(=O)Nc1nnc(SCC(=O)Nc2cc(C)on2)s1. The summed E-state index contributed by atoms with van der Waals surface area (Å²) in [4.78, 5) is 23.3. The van der Waals surface area contributed by atoms with Gasteiger partial charge < -0.3 is 9.84 Å². The molecule has 0 aliphatic carbocycles. The fourth-order valence-corrected chi connectivity index (χ4v) is 3.01. The van der Waals surface area contributed by atoms with Gasteiger partial charge in [0.25, 0.3) is 0 Å². The monoisotopic (exact) mass is 353 g/mol. The fraction of sp³-hybridized carbons (Fsp3) is 0.308. The van der Waals surface area contributed by atoms with Gasteiger partial charge in [0.2, 0.25) is 16.9 Å². The lowest BCUT2D eigenvalue weighted by Crippen LogP contribution is -2.14. The molecule has 0 fully saturated rings. The highest BCUT2D eigenvalue weighted by Gasteiger charge is 2.11. The highest BCUT2D eigenvalue weighted by molar-refractivity contribution is 8.01. The van der Waals surface area contributed by atoms with E-state index in [4.69, 9.17) is 4.52 Å². The number of hydrogen-bond acceptors (Lipinski definition) is 8. The van der Waals surface area contributed by atoms with E-state index in [1.807, 2.05) is 13.8 Å². The van der Waals surface area contributed by atoms with Crippen molar-refractivity contribution in [2.75, 3.05) is 16.4 Å². The Morgan fingerprint density at radius 3 is 2.78 bits per heavy atom. The minimum atomic E-state index is -0.253. The Morgan fingerprint density at radius 2 is 2.13 bits per heavy atom. The van der Waals surface area contributed by atoms with Crippen LogP contribution in [0.5, 0.6) is 0 Å². The van der Waals surface area contributed by atoms with Crippen molar-refractivity contribution < 1.29 is 14.1 Å². The number of allylic oxidation sites excluding steroid dienone is 1. The number of carbonyl (C=O) groups excluding carboxylic acids is 2. The van der Waals surface area contributed by atoms with Gasteiger partial charge in [-0.1, -0.05) is 33.8 Å². The Morgan fingerprint density at radius 1 is 1.35 bits per heavy atom. The molecular formula is C13H15N5O3S2. The minimum Gasteiger partial charge on any atom is -0.360 e. The van der Waals surface area contributed by atoms with Crippen molar-refractivity contribution >= 4 is 45.9 Å². The van der Waals surface area contributed by atoms with E-state index < -0.39 is 0 Å². The van der Waals surface area contributed by atoms with Crippen LogP contribution >= 0.6 is 23.1 Å². The molecule has 0 saturated heterocycles. The van der Waals surface area contributed by atoms with Crippen molar-refractivity contribution in [1.82, 2.24) is 15.4 Å². The molecule has 2 amide bonds. The van der Waals surface area contributed by atoms with E-state index in [9.17, 15) is 9.59 Å². The molecule has 0 atom stereocenters. The summed E-state index contributed by atoms with van der Waals surface area (Å²) in [5.41, 5.74) is 0.890. The van der Waals surface area contributed by atoms with Crippen LogP contribution in [0.25, 0.3) is 0 Å².